The molecule has 1 saturated heterocycles. The fourth-order valence-corrected chi connectivity index (χ4v) is 3.98. The molecule has 0 radical (unpaired) electrons. The van der Waals surface area contributed by atoms with Crippen molar-refractivity contribution < 1.29 is 13.9 Å². The van der Waals surface area contributed by atoms with E-state index in [9.17, 15) is 9.18 Å². The van der Waals surface area contributed by atoms with Gasteiger partial charge in [0.1, 0.15) is 12.4 Å². The molecule has 0 spiro atoms. The molecule has 1 fully saturated rings. The molecule has 0 saturated carbocycles. The highest BCUT2D eigenvalue weighted by Crippen LogP contribution is 2.24. The Morgan fingerprint density at radius 2 is 1.87 bits per heavy atom. The molecular formula is C25H27FN2O2. The van der Waals surface area contributed by atoms with Gasteiger partial charge in [-0.15, -0.1) is 0 Å². The number of halogens is 1. The first-order valence-corrected chi connectivity index (χ1v) is 10.4. The van der Waals surface area contributed by atoms with E-state index < -0.39 is 0 Å². The number of rotatable bonds is 7. The molecule has 2 atom stereocenters. The van der Waals surface area contributed by atoms with Crippen molar-refractivity contribution in [2.75, 3.05) is 26.2 Å². The SMILES string of the molecule is C[C@@H](NCC1CN(CCc2ccc(F)cc2)C(=O)CO1)c1cccc2ccccc12. The standard InChI is InChI=1S/C25H27FN2O2/c1-18(23-8-4-6-20-5-2-3-7-24(20)23)27-15-22-16-28(25(29)17-30-22)14-13-19-9-11-21(26)12-10-19/h2-12,18,22,27H,13-17H2,1H3/t18-,22?/m1/s1. The quantitative estimate of drug-likeness (QED) is 0.642. The number of hydrogen-bond donors (Lipinski definition) is 1. The van der Waals surface area contributed by atoms with Crippen molar-refractivity contribution in [3.8, 4) is 0 Å². The lowest BCUT2D eigenvalue weighted by Gasteiger charge is -2.33. The summed E-state index contributed by atoms with van der Waals surface area (Å²) in [6.45, 7) is 4.11. The van der Waals surface area contributed by atoms with E-state index in [2.05, 4.69) is 54.7 Å². The maximum absolute atomic E-state index is 13.1. The summed E-state index contributed by atoms with van der Waals surface area (Å²) in [5.41, 5.74) is 2.28. The summed E-state index contributed by atoms with van der Waals surface area (Å²) in [4.78, 5) is 14.1. The van der Waals surface area contributed by atoms with Gasteiger partial charge in [-0.05, 0) is 47.4 Å². The van der Waals surface area contributed by atoms with Crippen molar-refractivity contribution in [2.24, 2.45) is 0 Å². The summed E-state index contributed by atoms with van der Waals surface area (Å²) in [7, 11) is 0. The van der Waals surface area contributed by atoms with Gasteiger partial charge in [-0.3, -0.25) is 4.79 Å². The molecule has 0 aliphatic carbocycles. The van der Waals surface area contributed by atoms with Crippen LogP contribution < -0.4 is 5.32 Å². The van der Waals surface area contributed by atoms with Crippen LogP contribution in [0.4, 0.5) is 4.39 Å². The van der Waals surface area contributed by atoms with E-state index in [0.717, 1.165) is 5.56 Å². The molecule has 1 amide bonds. The first-order valence-electron chi connectivity index (χ1n) is 10.4. The van der Waals surface area contributed by atoms with Gasteiger partial charge in [-0.25, -0.2) is 4.39 Å². The fourth-order valence-electron chi connectivity index (χ4n) is 3.98. The third kappa shape index (κ3) is 4.86. The van der Waals surface area contributed by atoms with Gasteiger partial charge in [-0.2, -0.15) is 0 Å². The number of morpholine rings is 1. The second-order valence-electron chi connectivity index (χ2n) is 7.85. The largest absolute Gasteiger partial charge is 0.365 e. The first kappa shape index (κ1) is 20.5. The Labute approximate surface area is 176 Å². The van der Waals surface area contributed by atoms with E-state index in [-0.39, 0.29) is 30.5 Å². The van der Waals surface area contributed by atoms with E-state index in [0.29, 0.717) is 26.1 Å². The molecule has 5 heteroatoms. The van der Waals surface area contributed by atoms with Crippen molar-refractivity contribution in [3.63, 3.8) is 0 Å². The predicted molar refractivity (Wildman–Crippen MR) is 117 cm³/mol. The van der Waals surface area contributed by atoms with Crippen LogP contribution in [0.25, 0.3) is 10.8 Å². The minimum atomic E-state index is -0.243. The number of amides is 1. The van der Waals surface area contributed by atoms with Gasteiger partial charge >= 0.3 is 0 Å². The van der Waals surface area contributed by atoms with Crippen molar-refractivity contribution >= 4 is 16.7 Å². The second-order valence-corrected chi connectivity index (χ2v) is 7.85. The molecule has 1 unspecified atom stereocenters. The number of nitrogens with one attached hydrogen (secondary N) is 1. The van der Waals surface area contributed by atoms with E-state index in [1.54, 1.807) is 12.1 Å². The van der Waals surface area contributed by atoms with Crippen LogP contribution >= 0.6 is 0 Å². The summed E-state index contributed by atoms with van der Waals surface area (Å²) in [5, 5.41) is 6.05. The Morgan fingerprint density at radius 1 is 1.10 bits per heavy atom. The van der Waals surface area contributed by atoms with E-state index in [1.165, 1.54) is 28.5 Å². The van der Waals surface area contributed by atoms with Crippen LogP contribution in [-0.2, 0) is 16.0 Å². The van der Waals surface area contributed by atoms with Gasteiger partial charge in [-0.1, -0.05) is 54.6 Å². The first-order chi connectivity index (χ1) is 14.6. The molecule has 156 valence electrons. The lowest BCUT2D eigenvalue weighted by molar-refractivity contribution is -0.148. The summed E-state index contributed by atoms with van der Waals surface area (Å²) < 4.78 is 18.8. The van der Waals surface area contributed by atoms with E-state index in [1.807, 2.05) is 4.90 Å². The van der Waals surface area contributed by atoms with Crippen molar-refractivity contribution in [1.29, 1.82) is 0 Å². The van der Waals surface area contributed by atoms with Gasteiger partial charge in [0.15, 0.2) is 0 Å². The average molecular weight is 407 g/mol. The smallest absolute Gasteiger partial charge is 0.248 e. The predicted octanol–water partition coefficient (Wildman–Crippen LogP) is 4.10. The molecule has 1 heterocycles. The van der Waals surface area contributed by atoms with Crippen LogP contribution in [0.5, 0.6) is 0 Å². The van der Waals surface area contributed by atoms with E-state index >= 15 is 0 Å². The van der Waals surface area contributed by atoms with Crippen LogP contribution in [0, 0.1) is 5.82 Å². The Morgan fingerprint density at radius 3 is 2.70 bits per heavy atom. The zero-order valence-corrected chi connectivity index (χ0v) is 17.2. The third-order valence-corrected chi connectivity index (χ3v) is 5.74. The lowest BCUT2D eigenvalue weighted by atomic mass is 9.99. The molecule has 1 aliphatic heterocycles. The Bertz CT molecular complexity index is 1000. The maximum atomic E-state index is 13.1. The van der Waals surface area contributed by atoms with Gasteiger partial charge < -0.3 is 15.0 Å². The molecule has 4 nitrogen and oxygen atoms in total. The second kappa shape index (κ2) is 9.37. The van der Waals surface area contributed by atoms with Crippen LogP contribution in [0.3, 0.4) is 0 Å². The Hall–Kier alpha value is -2.76. The minimum Gasteiger partial charge on any atom is -0.365 e. The van der Waals surface area contributed by atoms with Crippen molar-refractivity contribution in [3.05, 3.63) is 83.7 Å². The number of nitrogens with zero attached hydrogens (tertiary/aromatic N) is 1. The average Bonchev–Trinajstić information content (AvgIpc) is 2.78. The lowest BCUT2D eigenvalue weighted by Crippen LogP contribution is -2.50. The molecule has 1 aliphatic rings. The van der Waals surface area contributed by atoms with Crippen LogP contribution in [0.1, 0.15) is 24.1 Å². The van der Waals surface area contributed by atoms with Crippen molar-refractivity contribution in [2.45, 2.75) is 25.5 Å². The number of carbonyl (C=O) groups excluding carboxylic acids is 1. The Kier molecular flexibility index (Phi) is 6.41. The van der Waals surface area contributed by atoms with Gasteiger partial charge in [0.05, 0.1) is 6.10 Å². The monoisotopic (exact) mass is 406 g/mol. The zero-order chi connectivity index (χ0) is 20.9. The van der Waals surface area contributed by atoms with Gasteiger partial charge in [0, 0.05) is 25.7 Å². The number of fused-ring (bicyclic) bond motifs is 1. The summed E-state index contributed by atoms with van der Waals surface area (Å²) in [5.74, 6) is -0.233. The minimum absolute atomic E-state index is 0.00969. The molecule has 0 aromatic heterocycles. The Balaban J connectivity index is 1.33. The molecule has 30 heavy (non-hydrogen) atoms. The summed E-state index contributed by atoms with van der Waals surface area (Å²) in [6.07, 6.45) is 0.659. The molecule has 3 aromatic rings. The van der Waals surface area contributed by atoms with Crippen LogP contribution in [0.15, 0.2) is 66.7 Å². The van der Waals surface area contributed by atoms with E-state index in [4.69, 9.17) is 4.74 Å². The van der Waals surface area contributed by atoms with Gasteiger partial charge in [0.2, 0.25) is 5.91 Å². The highest BCUT2D eigenvalue weighted by molar-refractivity contribution is 5.86. The topological polar surface area (TPSA) is 41.6 Å². The normalized spacial score (nSPS) is 18.0. The van der Waals surface area contributed by atoms with Crippen LogP contribution in [0.2, 0.25) is 0 Å². The summed E-state index contributed by atoms with van der Waals surface area (Å²) >= 11 is 0. The number of benzene rings is 3. The van der Waals surface area contributed by atoms with Crippen LogP contribution in [-0.4, -0.2) is 43.2 Å². The highest BCUT2D eigenvalue weighted by atomic mass is 19.1. The number of hydrogen-bond acceptors (Lipinski definition) is 3. The van der Waals surface area contributed by atoms with Gasteiger partial charge in [0.25, 0.3) is 0 Å². The third-order valence-electron chi connectivity index (χ3n) is 5.74. The molecule has 0 bridgehead atoms. The fraction of sp³-hybridized carbons (Fsp3) is 0.320. The maximum Gasteiger partial charge on any atom is 0.248 e. The molecule has 3 aromatic carbocycles. The molecule has 4 rings (SSSR count). The molecule has 1 N–H and O–H groups in total. The highest BCUT2D eigenvalue weighted by Gasteiger charge is 2.26. The number of carbonyl (C=O) groups is 1. The zero-order valence-electron chi connectivity index (χ0n) is 17.2. The molecular weight excluding hydrogens is 379 g/mol. The number of ether oxygens (including phenoxy) is 1. The summed E-state index contributed by atoms with van der Waals surface area (Å²) in [6, 6.07) is 21.4. The van der Waals surface area contributed by atoms with Crippen molar-refractivity contribution in [1.82, 2.24) is 10.2 Å².